The van der Waals surface area contributed by atoms with Crippen molar-refractivity contribution in [3.8, 4) is 17.2 Å². The van der Waals surface area contributed by atoms with Gasteiger partial charge in [-0.05, 0) is 58.7 Å². The van der Waals surface area contributed by atoms with E-state index in [9.17, 15) is 19.6 Å². The van der Waals surface area contributed by atoms with E-state index in [1.54, 1.807) is 18.2 Å². The van der Waals surface area contributed by atoms with Crippen LogP contribution in [0.3, 0.4) is 0 Å². The summed E-state index contributed by atoms with van der Waals surface area (Å²) in [6, 6.07) is 20.0. The fraction of sp³-hybridized carbons (Fsp3) is 0.207. The monoisotopic (exact) mass is 465 g/mol. The first-order valence-electron chi connectivity index (χ1n) is 11.4. The van der Waals surface area contributed by atoms with Crippen LogP contribution in [0.5, 0.6) is 0 Å². The van der Waals surface area contributed by atoms with Gasteiger partial charge in [-0.1, -0.05) is 38.1 Å². The van der Waals surface area contributed by atoms with E-state index in [1.165, 1.54) is 12.1 Å². The molecule has 0 bridgehead atoms. The molecular formula is C29H24FN3O2. The Morgan fingerprint density at radius 2 is 1.94 bits per heavy atom. The number of benzene rings is 3. The highest BCUT2D eigenvalue weighted by atomic mass is 19.1. The van der Waals surface area contributed by atoms with Crippen molar-refractivity contribution in [2.75, 3.05) is 0 Å². The van der Waals surface area contributed by atoms with Crippen LogP contribution in [-0.4, -0.2) is 21.9 Å². The van der Waals surface area contributed by atoms with Crippen LogP contribution in [0.2, 0.25) is 0 Å². The number of fused-ring (bicyclic) bond motifs is 2. The Hall–Kier alpha value is -4.24. The number of halogens is 1. The first kappa shape index (κ1) is 22.5. The summed E-state index contributed by atoms with van der Waals surface area (Å²) in [5.41, 5.74) is 6.44. The van der Waals surface area contributed by atoms with E-state index in [1.807, 2.05) is 38.3 Å². The molecular weight excluding hydrogens is 441 g/mol. The normalized spacial score (nSPS) is 12.6. The second-order valence-electron chi connectivity index (χ2n) is 9.58. The average Bonchev–Trinajstić information content (AvgIpc) is 3.40. The molecule has 5 nitrogen and oxygen atoms in total. The molecule has 1 aromatic heterocycles. The lowest BCUT2D eigenvalue weighted by molar-refractivity contribution is 0.0697. The molecule has 6 heteroatoms. The molecule has 174 valence electrons. The van der Waals surface area contributed by atoms with Gasteiger partial charge in [0, 0.05) is 46.8 Å². The predicted molar refractivity (Wildman–Crippen MR) is 134 cm³/mol. The lowest BCUT2D eigenvalue weighted by atomic mass is 9.81. The highest BCUT2D eigenvalue weighted by Gasteiger charge is 2.32. The van der Waals surface area contributed by atoms with Gasteiger partial charge in [-0.3, -0.25) is 4.99 Å². The number of aromatic nitrogens is 1. The highest BCUT2D eigenvalue weighted by Crippen LogP contribution is 2.44. The number of rotatable bonds is 6. The molecule has 0 aliphatic carbocycles. The van der Waals surface area contributed by atoms with Gasteiger partial charge in [-0.2, -0.15) is 5.26 Å². The van der Waals surface area contributed by atoms with Crippen LogP contribution in [-0.2, 0) is 18.5 Å². The number of aliphatic imine (C=N–C) groups is 1. The van der Waals surface area contributed by atoms with E-state index in [0.29, 0.717) is 13.1 Å². The van der Waals surface area contributed by atoms with Crippen molar-refractivity contribution in [2.24, 2.45) is 4.99 Å². The zero-order valence-corrected chi connectivity index (χ0v) is 19.5. The highest BCUT2D eigenvalue weighted by molar-refractivity contribution is 6.03. The van der Waals surface area contributed by atoms with Crippen LogP contribution in [0, 0.1) is 17.1 Å². The average molecular weight is 466 g/mol. The molecule has 1 N–H and O–H groups in total. The van der Waals surface area contributed by atoms with Gasteiger partial charge in [0.1, 0.15) is 5.82 Å². The first-order chi connectivity index (χ1) is 16.8. The van der Waals surface area contributed by atoms with E-state index >= 15 is 0 Å². The summed E-state index contributed by atoms with van der Waals surface area (Å²) in [5.74, 6) is -1.28. The third kappa shape index (κ3) is 4.00. The fourth-order valence-corrected chi connectivity index (χ4v) is 4.99. The molecule has 0 amide bonds. The number of carbonyl (C=O) groups is 1. The van der Waals surface area contributed by atoms with Gasteiger partial charge >= 0.3 is 5.97 Å². The van der Waals surface area contributed by atoms with Crippen LogP contribution in [0.25, 0.3) is 22.0 Å². The molecule has 0 radical (unpaired) electrons. The van der Waals surface area contributed by atoms with Gasteiger partial charge in [0.15, 0.2) is 0 Å². The van der Waals surface area contributed by atoms with Crippen molar-refractivity contribution in [1.82, 2.24) is 4.57 Å². The molecule has 3 aromatic carbocycles. The standard InChI is InChI=1S/C29H24FN3O2/c1-29(2,10-11-31)27-26(19-6-8-20(9-7-19)28(34)35)24-13-21-15-32-16-22(21)14-25(24)33(27)17-18-4-3-5-23(30)12-18/h3-9,12-14,16H,10,15,17H2,1-2H3,(H,34,35). The molecule has 1 aliphatic heterocycles. The summed E-state index contributed by atoms with van der Waals surface area (Å²) in [5, 5.41) is 20.1. The van der Waals surface area contributed by atoms with Crippen LogP contribution in [0.4, 0.5) is 4.39 Å². The Labute approximate surface area is 202 Å². The summed E-state index contributed by atoms with van der Waals surface area (Å²) < 4.78 is 16.2. The molecule has 2 heterocycles. The number of hydrogen-bond acceptors (Lipinski definition) is 3. The number of nitriles is 1. The molecule has 0 atom stereocenters. The van der Waals surface area contributed by atoms with Gasteiger partial charge in [-0.15, -0.1) is 0 Å². The van der Waals surface area contributed by atoms with Crippen molar-refractivity contribution in [2.45, 2.75) is 38.8 Å². The number of hydrogen-bond donors (Lipinski definition) is 1. The molecule has 0 spiro atoms. The minimum absolute atomic E-state index is 0.212. The quantitative estimate of drug-likeness (QED) is 0.362. The summed E-state index contributed by atoms with van der Waals surface area (Å²) in [4.78, 5) is 15.9. The maximum atomic E-state index is 14.1. The molecule has 1 aliphatic rings. The summed E-state index contributed by atoms with van der Waals surface area (Å²) in [6.45, 7) is 5.11. The van der Waals surface area contributed by atoms with Gasteiger partial charge in [0.05, 0.1) is 18.2 Å². The number of nitrogens with zero attached hydrogens (tertiary/aromatic N) is 3. The predicted octanol–water partition coefficient (Wildman–Crippen LogP) is 6.32. The number of aromatic carboxylic acids is 1. The summed E-state index contributed by atoms with van der Waals surface area (Å²) in [6.07, 6.45) is 2.16. The van der Waals surface area contributed by atoms with Crippen LogP contribution in [0.15, 0.2) is 65.7 Å². The SMILES string of the molecule is CC(C)(CC#N)c1c(-c2ccc(C(=O)O)cc2)c2cc3c(cc2n1Cc1cccc(F)c1)C=NC3. The lowest BCUT2D eigenvalue weighted by Crippen LogP contribution is -2.22. The Bertz CT molecular complexity index is 1540. The maximum Gasteiger partial charge on any atom is 0.335 e. The Morgan fingerprint density at radius 3 is 2.63 bits per heavy atom. The number of carboxylic acids is 1. The third-order valence-electron chi connectivity index (χ3n) is 6.63. The molecule has 35 heavy (non-hydrogen) atoms. The molecule has 0 saturated carbocycles. The second kappa shape index (κ2) is 8.52. The third-order valence-corrected chi connectivity index (χ3v) is 6.63. The van der Waals surface area contributed by atoms with E-state index in [-0.39, 0.29) is 17.8 Å². The summed E-state index contributed by atoms with van der Waals surface area (Å²) in [7, 11) is 0. The second-order valence-corrected chi connectivity index (χ2v) is 9.58. The van der Waals surface area contributed by atoms with E-state index < -0.39 is 11.4 Å². The van der Waals surface area contributed by atoms with Crippen LogP contribution < -0.4 is 0 Å². The molecule has 0 saturated heterocycles. The van der Waals surface area contributed by atoms with E-state index in [0.717, 1.165) is 44.4 Å². The Balaban J connectivity index is 1.85. The van der Waals surface area contributed by atoms with Gasteiger partial charge in [0.25, 0.3) is 0 Å². The van der Waals surface area contributed by atoms with Gasteiger partial charge in [-0.25, -0.2) is 9.18 Å². The smallest absolute Gasteiger partial charge is 0.335 e. The maximum absolute atomic E-state index is 14.1. The Kier molecular flexibility index (Phi) is 5.49. The zero-order valence-electron chi connectivity index (χ0n) is 19.5. The minimum Gasteiger partial charge on any atom is -0.478 e. The topological polar surface area (TPSA) is 78.4 Å². The fourth-order valence-electron chi connectivity index (χ4n) is 4.99. The van der Waals surface area contributed by atoms with E-state index in [2.05, 4.69) is 27.8 Å². The molecule has 5 rings (SSSR count). The largest absolute Gasteiger partial charge is 0.478 e. The zero-order chi connectivity index (χ0) is 24.7. The van der Waals surface area contributed by atoms with Crippen molar-refractivity contribution in [3.05, 3.63) is 94.4 Å². The van der Waals surface area contributed by atoms with Gasteiger partial charge < -0.3 is 9.67 Å². The molecule has 0 unspecified atom stereocenters. The van der Waals surface area contributed by atoms with Crippen molar-refractivity contribution in [3.63, 3.8) is 0 Å². The first-order valence-corrected chi connectivity index (χ1v) is 11.4. The van der Waals surface area contributed by atoms with Crippen molar-refractivity contribution < 1.29 is 14.3 Å². The minimum atomic E-state index is -0.981. The van der Waals surface area contributed by atoms with Gasteiger partial charge in [0.2, 0.25) is 0 Å². The Morgan fingerprint density at radius 1 is 1.17 bits per heavy atom. The van der Waals surface area contributed by atoms with Crippen molar-refractivity contribution in [1.29, 1.82) is 5.26 Å². The number of carboxylic acid groups (broad SMARTS) is 1. The molecule has 4 aromatic rings. The van der Waals surface area contributed by atoms with Crippen LogP contribution in [0.1, 0.15) is 53.0 Å². The molecule has 0 fully saturated rings. The summed E-state index contributed by atoms with van der Waals surface area (Å²) >= 11 is 0. The lowest BCUT2D eigenvalue weighted by Gasteiger charge is -2.27. The van der Waals surface area contributed by atoms with Crippen molar-refractivity contribution >= 4 is 23.1 Å². The van der Waals surface area contributed by atoms with Crippen LogP contribution >= 0.6 is 0 Å². The van der Waals surface area contributed by atoms with E-state index in [4.69, 9.17) is 0 Å².